The van der Waals surface area contributed by atoms with Gasteiger partial charge >= 0.3 is 0 Å². The number of hydrogen-bond donors (Lipinski definition) is 0. The summed E-state index contributed by atoms with van der Waals surface area (Å²) in [4.78, 5) is 14.2. The lowest BCUT2D eigenvalue weighted by molar-refractivity contribution is 0.0747. The van der Waals surface area contributed by atoms with E-state index in [0.29, 0.717) is 35.1 Å². The largest absolute Gasteiger partial charge is 0.493 e. The van der Waals surface area contributed by atoms with Gasteiger partial charge in [0, 0.05) is 18.7 Å². The number of benzene rings is 1. The molecule has 6 nitrogen and oxygen atoms in total. The monoisotopic (exact) mass is 389 g/mol. The molecule has 1 aliphatic heterocycles. The lowest BCUT2D eigenvalue weighted by atomic mass is 10.1. The van der Waals surface area contributed by atoms with Crippen molar-refractivity contribution in [2.75, 3.05) is 32.3 Å². The average molecular weight is 390 g/mol. The van der Waals surface area contributed by atoms with Crippen LogP contribution in [0.5, 0.6) is 11.5 Å². The Labute approximate surface area is 154 Å². The van der Waals surface area contributed by atoms with Crippen LogP contribution in [0.3, 0.4) is 0 Å². The van der Waals surface area contributed by atoms with Crippen LogP contribution in [0.1, 0.15) is 36.5 Å². The minimum absolute atomic E-state index is 0.00167. The Bertz CT molecular complexity index is 735. The molecule has 8 heteroatoms. The summed E-state index contributed by atoms with van der Waals surface area (Å²) in [7, 11) is 0.0356. The molecule has 0 N–H and O–H groups in total. The molecule has 1 aliphatic rings. The fraction of sp³-hybridized carbons (Fsp3) is 0.588. The molecule has 2 rings (SSSR count). The van der Waals surface area contributed by atoms with E-state index < -0.39 is 9.84 Å². The molecule has 1 aromatic rings. The van der Waals surface area contributed by atoms with Gasteiger partial charge in [-0.3, -0.25) is 4.79 Å². The number of carbonyl (C=O) groups is 1. The SMILES string of the molecule is CCCCOc1c(Cl)cc(C(=O)N(C)[C@H]2CCS(=O)(=O)C2)cc1OC. The van der Waals surface area contributed by atoms with Crippen molar-refractivity contribution in [1.29, 1.82) is 0 Å². The van der Waals surface area contributed by atoms with Gasteiger partial charge < -0.3 is 14.4 Å². The van der Waals surface area contributed by atoms with E-state index in [2.05, 4.69) is 6.92 Å². The number of halogens is 1. The van der Waals surface area contributed by atoms with Crippen LogP contribution in [-0.2, 0) is 9.84 Å². The summed E-state index contributed by atoms with van der Waals surface area (Å²) < 4.78 is 34.2. The van der Waals surface area contributed by atoms with Crippen LogP contribution in [0, 0.1) is 0 Å². The molecule has 0 unspecified atom stereocenters. The number of methoxy groups -OCH3 is 1. The Hall–Kier alpha value is -1.47. The number of amides is 1. The quantitative estimate of drug-likeness (QED) is 0.670. The number of unbranched alkanes of at least 4 members (excludes halogenated alkanes) is 1. The van der Waals surface area contributed by atoms with E-state index >= 15 is 0 Å². The predicted octanol–water partition coefficient (Wildman–Crippen LogP) is 2.79. The van der Waals surface area contributed by atoms with Gasteiger partial charge in [0.05, 0.1) is 30.2 Å². The fourth-order valence-corrected chi connectivity index (χ4v) is 4.79. The molecular weight excluding hydrogens is 366 g/mol. The maximum absolute atomic E-state index is 12.7. The van der Waals surface area contributed by atoms with Crippen LogP contribution in [0.25, 0.3) is 0 Å². The van der Waals surface area contributed by atoms with Gasteiger partial charge in [0.2, 0.25) is 0 Å². The van der Waals surface area contributed by atoms with Crippen molar-refractivity contribution < 1.29 is 22.7 Å². The first-order chi connectivity index (χ1) is 11.8. The Morgan fingerprint density at radius 1 is 1.40 bits per heavy atom. The molecule has 140 valence electrons. The van der Waals surface area contributed by atoms with Crippen molar-refractivity contribution >= 4 is 27.3 Å². The van der Waals surface area contributed by atoms with Crippen LogP contribution >= 0.6 is 11.6 Å². The van der Waals surface area contributed by atoms with Crippen molar-refractivity contribution in [1.82, 2.24) is 4.90 Å². The highest BCUT2D eigenvalue weighted by Gasteiger charge is 2.33. The van der Waals surface area contributed by atoms with Crippen LogP contribution in [0.15, 0.2) is 12.1 Å². The maximum Gasteiger partial charge on any atom is 0.254 e. The molecule has 1 fully saturated rings. The summed E-state index contributed by atoms with van der Waals surface area (Å²) in [6.07, 6.45) is 2.33. The normalized spacial score (nSPS) is 18.8. The summed E-state index contributed by atoms with van der Waals surface area (Å²) in [5.74, 6) is 0.629. The zero-order valence-corrected chi connectivity index (χ0v) is 16.3. The number of ether oxygens (including phenoxy) is 2. The average Bonchev–Trinajstić information content (AvgIpc) is 2.94. The van der Waals surface area contributed by atoms with E-state index in [9.17, 15) is 13.2 Å². The second-order valence-electron chi connectivity index (χ2n) is 6.16. The zero-order chi connectivity index (χ0) is 18.6. The summed E-state index contributed by atoms with van der Waals surface area (Å²) >= 11 is 6.27. The molecule has 25 heavy (non-hydrogen) atoms. The second kappa shape index (κ2) is 8.27. The molecule has 1 saturated heterocycles. The second-order valence-corrected chi connectivity index (χ2v) is 8.80. The number of sulfone groups is 1. The van der Waals surface area contributed by atoms with Gasteiger partial charge in [-0.25, -0.2) is 8.42 Å². The molecule has 0 radical (unpaired) electrons. The van der Waals surface area contributed by atoms with Crippen molar-refractivity contribution in [2.45, 2.75) is 32.2 Å². The van der Waals surface area contributed by atoms with Crippen LogP contribution in [0.2, 0.25) is 5.02 Å². The highest BCUT2D eigenvalue weighted by Crippen LogP contribution is 2.37. The standard InChI is InChI=1S/C17H24ClNO5S/c1-4-5-7-24-16-14(18)9-12(10-15(16)23-3)17(20)19(2)13-6-8-25(21,22)11-13/h9-10,13H,4-8,11H2,1-3H3/t13-/m0/s1. The highest BCUT2D eigenvalue weighted by molar-refractivity contribution is 7.91. The van der Waals surface area contributed by atoms with Crippen LogP contribution < -0.4 is 9.47 Å². The molecule has 1 amide bonds. The summed E-state index contributed by atoms with van der Waals surface area (Å²) in [6.45, 7) is 2.57. The minimum atomic E-state index is -3.06. The molecule has 1 heterocycles. The predicted molar refractivity (Wildman–Crippen MR) is 97.6 cm³/mol. The van der Waals surface area contributed by atoms with Gasteiger partial charge in [-0.05, 0) is 25.0 Å². The Morgan fingerprint density at radius 3 is 2.68 bits per heavy atom. The van der Waals surface area contributed by atoms with E-state index in [1.165, 1.54) is 18.1 Å². The first-order valence-electron chi connectivity index (χ1n) is 8.27. The van der Waals surface area contributed by atoms with E-state index in [4.69, 9.17) is 21.1 Å². The lowest BCUT2D eigenvalue weighted by Crippen LogP contribution is -2.37. The number of carbonyl (C=O) groups excluding carboxylic acids is 1. The molecule has 0 saturated carbocycles. The molecule has 0 aliphatic carbocycles. The summed E-state index contributed by atoms with van der Waals surface area (Å²) in [6, 6.07) is 2.80. The van der Waals surface area contributed by atoms with E-state index in [1.54, 1.807) is 13.1 Å². The van der Waals surface area contributed by atoms with Gasteiger partial charge in [-0.2, -0.15) is 0 Å². The highest BCUT2D eigenvalue weighted by atomic mass is 35.5. The topological polar surface area (TPSA) is 72.9 Å². The summed E-state index contributed by atoms with van der Waals surface area (Å²) in [5, 5.41) is 0.297. The molecule has 0 bridgehead atoms. The zero-order valence-electron chi connectivity index (χ0n) is 14.7. The van der Waals surface area contributed by atoms with Gasteiger partial charge in [-0.1, -0.05) is 24.9 Å². The van der Waals surface area contributed by atoms with Crippen LogP contribution in [0.4, 0.5) is 0 Å². The molecule has 1 aromatic carbocycles. The van der Waals surface area contributed by atoms with Crippen molar-refractivity contribution in [3.8, 4) is 11.5 Å². The minimum Gasteiger partial charge on any atom is -0.493 e. The van der Waals surface area contributed by atoms with Gasteiger partial charge in [0.1, 0.15) is 0 Å². The van der Waals surface area contributed by atoms with Gasteiger partial charge in [0.15, 0.2) is 21.3 Å². The molecule has 1 atom stereocenters. The number of nitrogens with zero attached hydrogens (tertiary/aromatic N) is 1. The first-order valence-corrected chi connectivity index (χ1v) is 10.5. The van der Waals surface area contributed by atoms with Gasteiger partial charge in [0.25, 0.3) is 5.91 Å². The van der Waals surface area contributed by atoms with E-state index in [1.807, 2.05) is 0 Å². The van der Waals surface area contributed by atoms with Crippen molar-refractivity contribution in [2.24, 2.45) is 0 Å². The van der Waals surface area contributed by atoms with E-state index in [-0.39, 0.29) is 23.5 Å². The third kappa shape index (κ3) is 4.79. The lowest BCUT2D eigenvalue weighted by Gasteiger charge is -2.24. The maximum atomic E-state index is 12.7. The fourth-order valence-electron chi connectivity index (χ4n) is 2.75. The number of hydrogen-bond acceptors (Lipinski definition) is 5. The third-order valence-corrected chi connectivity index (χ3v) is 6.33. The van der Waals surface area contributed by atoms with Gasteiger partial charge in [-0.15, -0.1) is 0 Å². The first kappa shape index (κ1) is 19.8. The van der Waals surface area contributed by atoms with Crippen molar-refractivity contribution in [3.05, 3.63) is 22.7 Å². The van der Waals surface area contributed by atoms with Crippen LogP contribution in [-0.4, -0.2) is 57.5 Å². The Morgan fingerprint density at radius 2 is 2.12 bits per heavy atom. The van der Waals surface area contributed by atoms with Crippen molar-refractivity contribution in [3.63, 3.8) is 0 Å². The van der Waals surface area contributed by atoms with E-state index in [0.717, 1.165) is 12.8 Å². The Kier molecular flexibility index (Phi) is 6.57. The number of rotatable bonds is 7. The third-order valence-electron chi connectivity index (χ3n) is 4.30. The molecule has 0 spiro atoms. The summed E-state index contributed by atoms with van der Waals surface area (Å²) in [5.41, 5.74) is 0.344. The molecule has 0 aromatic heterocycles. The Balaban J connectivity index is 2.21. The smallest absolute Gasteiger partial charge is 0.254 e. The molecular formula is C17H24ClNO5S.